The van der Waals surface area contributed by atoms with Gasteiger partial charge in [-0.05, 0) is 36.8 Å². The van der Waals surface area contributed by atoms with Gasteiger partial charge in [-0.3, -0.25) is 4.79 Å². The Kier molecular flexibility index (Phi) is 11.4. The summed E-state index contributed by atoms with van der Waals surface area (Å²) in [4.78, 5) is 24.7. The molecular weight excluding hydrogens is 426 g/mol. The van der Waals surface area contributed by atoms with Gasteiger partial charge in [0.1, 0.15) is 17.4 Å². The molecule has 176 valence electrons. The van der Waals surface area contributed by atoms with E-state index in [4.69, 9.17) is 4.74 Å². The summed E-state index contributed by atoms with van der Waals surface area (Å²) in [6.45, 7) is 4.09. The van der Waals surface area contributed by atoms with Crippen LogP contribution in [0.1, 0.15) is 68.3 Å². The lowest BCUT2D eigenvalue weighted by Crippen LogP contribution is -2.28. The lowest BCUT2D eigenvalue weighted by atomic mass is 9.94. The van der Waals surface area contributed by atoms with Crippen LogP contribution in [0.25, 0.3) is 0 Å². The number of phenols is 1. The summed E-state index contributed by atoms with van der Waals surface area (Å²) in [5.41, 5.74) is 0.854. The zero-order valence-electron chi connectivity index (χ0n) is 19.0. The summed E-state index contributed by atoms with van der Waals surface area (Å²) in [5, 5.41) is 23.4. The van der Waals surface area contributed by atoms with Crippen molar-refractivity contribution in [3.8, 4) is 5.75 Å². The lowest BCUT2D eigenvalue weighted by molar-refractivity contribution is 0.00679. The second-order valence-corrected chi connectivity index (χ2v) is 9.22. The molecule has 0 aromatic heterocycles. The number of ether oxygens (including phenoxy) is 1. The first kappa shape index (κ1) is 26.0. The maximum atomic E-state index is 12.9. The molecule has 0 aliphatic carbocycles. The number of phenolic OH excluding ortho intramolecular Hbond substituents is 1. The third-order valence-electron chi connectivity index (χ3n) is 5.48. The number of aromatic hydroxyl groups is 1. The van der Waals surface area contributed by atoms with E-state index in [9.17, 15) is 19.8 Å². The number of nitrogens with one attached hydrogen (secondary N) is 1. The van der Waals surface area contributed by atoms with Gasteiger partial charge in [0.05, 0.1) is 6.10 Å². The van der Waals surface area contributed by atoms with Crippen LogP contribution in [0, 0.1) is 5.92 Å². The predicted molar refractivity (Wildman–Crippen MR) is 129 cm³/mol. The van der Waals surface area contributed by atoms with E-state index in [2.05, 4.69) is 12.2 Å². The quantitative estimate of drug-likeness (QED) is 0.288. The number of cyclic esters (lactones) is 1. The third-order valence-corrected chi connectivity index (χ3v) is 6.35. The molecule has 1 aliphatic heterocycles. The van der Waals surface area contributed by atoms with Crippen molar-refractivity contribution in [1.82, 2.24) is 5.32 Å². The third kappa shape index (κ3) is 8.71. The van der Waals surface area contributed by atoms with Crippen LogP contribution < -0.4 is 5.32 Å². The second kappa shape index (κ2) is 14.0. The largest absolute Gasteiger partial charge is 0.507 e. The zero-order chi connectivity index (χ0) is 23.3. The summed E-state index contributed by atoms with van der Waals surface area (Å²) in [6, 6.07) is 4.97. The Morgan fingerprint density at radius 2 is 2.12 bits per heavy atom. The van der Waals surface area contributed by atoms with E-state index in [0.717, 1.165) is 25.0 Å². The van der Waals surface area contributed by atoms with Gasteiger partial charge in [0, 0.05) is 24.8 Å². The van der Waals surface area contributed by atoms with Gasteiger partial charge in [-0.15, -0.1) is 0 Å². The number of carbonyl (C=O) groups is 2. The van der Waals surface area contributed by atoms with Crippen molar-refractivity contribution in [2.24, 2.45) is 5.92 Å². The molecular formula is C25H35NO5S. The fourth-order valence-corrected chi connectivity index (χ4v) is 4.17. The highest BCUT2D eigenvalue weighted by molar-refractivity contribution is 8.13. The fourth-order valence-electron chi connectivity index (χ4n) is 3.48. The SMILES string of the molecule is CCCCCSC(=O)NC=CC[C@H]1C[C@@H](O)[C@@H](C)CC=CCc2cccc(O)c2C(=O)O1. The second-order valence-electron chi connectivity index (χ2n) is 8.16. The molecule has 0 unspecified atom stereocenters. The summed E-state index contributed by atoms with van der Waals surface area (Å²) in [6.07, 6.45) is 11.1. The van der Waals surface area contributed by atoms with Crippen LogP contribution in [0.4, 0.5) is 4.79 Å². The molecule has 1 aliphatic rings. The summed E-state index contributed by atoms with van der Waals surface area (Å²) in [7, 11) is 0. The molecule has 0 spiro atoms. The molecule has 1 aromatic rings. The zero-order valence-corrected chi connectivity index (χ0v) is 19.8. The van der Waals surface area contributed by atoms with Gasteiger partial charge in [-0.25, -0.2) is 4.79 Å². The van der Waals surface area contributed by atoms with Crippen LogP contribution in [0.15, 0.2) is 42.6 Å². The highest BCUT2D eigenvalue weighted by atomic mass is 32.2. The summed E-state index contributed by atoms with van der Waals surface area (Å²) in [5.74, 6) is 0.0722. The first-order valence-corrected chi connectivity index (χ1v) is 12.3. The van der Waals surface area contributed by atoms with Gasteiger partial charge in [0.15, 0.2) is 0 Å². The molecule has 0 bridgehead atoms. The number of allylic oxidation sites excluding steroid dienone is 2. The van der Waals surface area contributed by atoms with E-state index >= 15 is 0 Å². The van der Waals surface area contributed by atoms with Crippen LogP contribution in [0.5, 0.6) is 5.75 Å². The Balaban J connectivity index is 2.05. The standard InChI is InChI=1S/C25H35NO5S/c1-3-4-7-16-32-25(30)26-15-9-13-20-17-22(28)18(2)10-5-6-11-19-12-8-14-21(27)23(19)24(29)31-20/h5-6,8-9,12,14-15,18,20,22,27-28H,3-4,7,10-11,13,16-17H2,1-2H3,(H,26,30)/t18-,20-,22+/m0/s1. The Labute approximate surface area is 195 Å². The number of carbonyl (C=O) groups excluding carboxylic acids is 2. The van der Waals surface area contributed by atoms with Crippen molar-refractivity contribution in [2.75, 3.05) is 5.75 Å². The number of aliphatic hydroxyl groups excluding tert-OH is 1. The molecule has 6 nitrogen and oxygen atoms in total. The number of fused-ring (bicyclic) bond motifs is 1. The van der Waals surface area contributed by atoms with E-state index in [1.807, 2.05) is 19.1 Å². The van der Waals surface area contributed by atoms with Crippen LogP contribution >= 0.6 is 11.8 Å². The maximum Gasteiger partial charge on any atom is 0.342 e. The van der Waals surface area contributed by atoms with Crippen molar-refractivity contribution in [3.05, 3.63) is 53.8 Å². The van der Waals surface area contributed by atoms with Crippen molar-refractivity contribution < 1.29 is 24.5 Å². The highest BCUT2D eigenvalue weighted by Crippen LogP contribution is 2.26. The molecule has 1 aromatic carbocycles. The minimum absolute atomic E-state index is 0.0127. The maximum absolute atomic E-state index is 12.9. The number of esters is 1. The van der Waals surface area contributed by atoms with Gasteiger partial charge in [0.2, 0.25) is 0 Å². The molecule has 0 fully saturated rings. The van der Waals surface area contributed by atoms with E-state index in [1.165, 1.54) is 17.8 Å². The van der Waals surface area contributed by atoms with Crippen molar-refractivity contribution in [2.45, 2.75) is 71.0 Å². The molecule has 1 heterocycles. The molecule has 32 heavy (non-hydrogen) atoms. The Bertz CT molecular complexity index is 808. The minimum atomic E-state index is -0.641. The van der Waals surface area contributed by atoms with Crippen molar-refractivity contribution in [3.63, 3.8) is 0 Å². The number of rotatable bonds is 7. The number of hydrogen-bond donors (Lipinski definition) is 3. The predicted octanol–water partition coefficient (Wildman–Crippen LogP) is 5.34. The van der Waals surface area contributed by atoms with Crippen LogP contribution in [-0.4, -0.2) is 39.4 Å². The first-order valence-electron chi connectivity index (χ1n) is 11.4. The monoisotopic (exact) mass is 461 g/mol. The number of hydrogen-bond acceptors (Lipinski definition) is 6. The fraction of sp³-hybridized carbons (Fsp3) is 0.520. The number of aliphatic hydroxyl groups is 1. The van der Waals surface area contributed by atoms with Crippen molar-refractivity contribution >= 4 is 23.0 Å². The van der Waals surface area contributed by atoms with Gasteiger partial charge in [0.25, 0.3) is 5.24 Å². The molecule has 1 amide bonds. The molecule has 3 N–H and O–H groups in total. The first-order chi connectivity index (χ1) is 15.4. The number of unbranched alkanes of at least 4 members (excludes halogenated alkanes) is 2. The molecule has 3 atom stereocenters. The average Bonchev–Trinajstić information content (AvgIpc) is 2.76. The smallest absolute Gasteiger partial charge is 0.342 e. The Hall–Kier alpha value is -2.25. The van der Waals surface area contributed by atoms with E-state index in [1.54, 1.807) is 24.4 Å². The topological polar surface area (TPSA) is 95.9 Å². The van der Waals surface area contributed by atoms with Crippen LogP contribution in [0.2, 0.25) is 0 Å². The van der Waals surface area contributed by atoms with Gasteiger partial charge in [-0.2, -0.15) is 0 Å². The average molecular weight is 462 g/mol. The number of amides is 1. The van der Waals surface area contributed by atoms with Gasteiger partial charge in [-0.1, -0.05) is 68.8 Å². The normalized spacial score (nSPS) is 22.0. The van der Waals surface area contributed by atoms with Crippen molar-refractivity contribution in [1.29, 1.82) is 0 Å². The van der Waals surface area contributed by atoms with E-state index < -0.39 is 18.2 Å². The molecule has 2 rings (SSSR count). The molecule has 0 radical (unpaired) electrons. The van der Waals surface area contributed by atoms with Crippen LogP contribution in [0.3, 0.4) is 0 Å². The Morgan fingerprint density at radius 1 is 1.31 bits per heavy atom. The van der Waals surface area contributed by atoms with Gasteiger partial charge < -0.3 is 20.3 Å². The summed E-state index contributed by atoms with van der Waals surface area (Å²) < 4.78 is 5.70. The Morgan fingerprint density at radius 3 is 2.91 bits per heavy atom. The number of thioether (sulfide) groups is 1. The van der Waals surface area contributed by atoms with E-state index in [0.29, 0.717) is 24.8 Å². The lowest BCUT2D eigenvalue weighted by Gasteiger charge is -2.24. The number of benzene rings is 1. The van der Waals surface area contributed by atoms with Gasteiger partial charge >= 0.3 is 5.97 Å². The highest BCUT2D eigenvalue weighted by Gasteiger charge is 2.25. The minimum Gasteiger partial charge on any atom is -0.507 e. The summed E-state index contributed by atoms with van der Waals surface area (Å²) >= 11 is 1.25. The molecule has 0 saturated heterocycles. The molecule has 7 heteroatoms. The van der Waals surface area contributed by atoms with E-state index in [-0.39, 0.29) is 28.9 Å². The van der Waals surface area contributed by atoms with Crippen LogP contribution in [-0.2, 0) is 11.2 Å². The molecule has 0 saturated carbocycles.